The Balaban J connectivity index is 0.873. The zero-order chi connectivity index (χ0) is 50.6. The number of β-amino-alcohol motifs (C(OH)–C–C–N with tert-alkyl or cyclic N) is 1. The molecule has 1 aliphatic heterocycles. The first-order chi connectivity index (χ1) is 33.3. The molecule has 376 valence electrons. The normalized spacial score (nSPS) is 15.4. The molecule has 4 amide bonds. The van der Waals surface area contributed by atoms with Crippen LogP contribution in [-0.2, 0) is 37.0 Å². The summed E-state index contributed by atoms with van der Waals surface area (Å²) >= 11 is 1.56. The number of benzene rings is 1. The Morgan fingerprint density at radius 2 is 1.77 bits per heavy atom. The Morgan fingerprint density at radius 1 is 1.01 bits per heavy atom. The van der Waals surface area contributed by atoms with Crippen molar-refractivity contribution >= 4 is 51.8 Å². The van der Waals surface area contributed by atoms with Gasteiger partial charge in [-0.25, -0.2) is 19.6 Å². The van der Waals surface area contributed by atoms with E-state index in [0.717, 1.165) is 21.7 Å². The van der Waals surface area contributed by atoms with Gasteiger partial charge in [0.15, 0.2) is 23.1 Å². The lowest BCUT2D eigenvalue weighted by Gasteiger charge is -2.35. The third kappa shape index (κ3) is 14.1. The van der Waals surface area contributed by atoms with Crippen LogP contribution in [0, 0.1) is 24.2 Å². The number of nitrogens with two attached hydrogens (primary N) is 1. The van der Waals surface area contributed by atoms with Crippen LogP contribution in [0.2, 0.25) is 0 Å². The molecule has 8 N–H and O–H groups in total. The number of rotatable bonds is 22. The summed E-state index contributed by atoms with van der Waals surface area (Å²) < 4.78 is 18.4. The van der Waals surface area contributed by atoms with E-state index in [0.29, 0.717) is 67.4 Å². The maximum atomic E-state index is 14.0. The monoisotopic (exact) mass is 984 g/mol. The summed E-state index contributed by atoms with van der Waals surface area (Å²) in [5, 5.41) is 40.2. The average molecular weight is 985 g/mol. The van der Waals surface area contributed by atoms with Crippen LogP contribution >= 0.6 is 11.3 Å². The highest BCUT2D eigenvalue weighted by atomic mass is 32.1. The molecule has 0 radical (unpaired) electrons. The Bertz CT molecular complexity index is 2660. The first-order valence-electron chi connectivity index (χ1n) is 23.3. The molecule has 3 unspecified atom stereocenters. The summed E-state index contributed by atoms with van der Waals surface area (Å²) in [7, 11) is 0. The number of nitrogen functional groups attached to an aromatic ring is 1. The molecule has 3 atom stereocenters. The van der Waals surface area contributed by atoms with Crippen LogP contribution in [0.3, 0.4) is 0 Å². The molecule has 5 heterocycles. The number of aliphatic hydroxyl groups excluding tert-OH is 1. The fourth-order valence-corrected chi connectivity index (χ4v) is 8.55. The molecule has 1 aromatic carbocycles. The number of hydrogen-bond acceptors (Lipinski definition) is 17. The van der Waals surface area contributed by atoms with E-state index < -0.39 is 46.9 Å². The number of amides is 4. The molecule has 70 heavy (non-hydrogen) atoms. The van der Waals surface area contributed by atoms with E-state index in [1.54, 1.807) is 36.9 Å². The van der Waals surface area contributed by atoms with Gasteiger partial charge in [0.25, 0.3) is 0 Å². The maximum Gasteiger partial charge on any atom is 0.246 e. The van der Waals surface area contributed by atoms with Gasteiger partial charge in [-0.3, -0.25) is 19.2 Å². The number of carbonyl (C=O) groups is 4. The Hall–Kier alpha value is -6.51. The Morgan fingerprint density at radius 3 is 2.44 bits per heavy atom. The molecule has 0 bridgehead atoms. The predicted molar refractivity (Wildman–Crippen MR) is 262 cm³/mol. The number of anilines is 1. The topological polar surface area (TPSA) is 287 Å². The summed E-state index contributed by atoms with van der Waals surface area (Å²) in [6.45, 7) is 14.7. The lowest BCUT2D eigenvalue weighted by molar-refractivity contribution is -0.144. The average Bonchev–Trinajstić information content (AvgIpc) is 4.13. The number of aliphatic hydroxyl groups is 2. The number of hydrogen-bond donors (Lipinski definition) is 7. The number of ether oxygens (including phenoxy) is 2. The lowest BCUT2D eigenvalue weighted by atomic mass is 9.85. The van der Waals surface area contributed by atoms with Crippen LogP contribution in [0.25, 0.3) is 33.0 Å². The molecule has 1 fully saturated rings. The molecule has 0 aliphatic carbocycles. The number of aryl methyl sites for hydroxylation is 2. The fourth-order valence-electron chi connectivity index (χ4n) is 7.74. The molecular formula is C48H64N12O9S. The fraction of sp³-hybridized carbons (Fsp3) is 0.521. The van der Waals surface area contributed by atoms with Gasteiger partial charge < -0.3 is 56.2 Å². The molecule has 1 aliphatic rings. The second kappa shape index (κ2) is 23.9. The SMILES string of the molecule is CCn1c(-c2nonc2N)nc2c(C#CC(C)(C)O)ncc(OCCCNCCCC(=O)NCCOCC(=O)NC(C(=O)N3CC(O)CC3C(=O)NCc3ccc(-c4scnc4C)cc3)C(C)(C)C)c21. The maximum absolute atomic E-state index is 14.0. The predicted octanol–water partition coefficient (Wildman–Crippen LogP) is 2.72. The smallest absolute Gasteiger partial charge is 0.246 e. The molecular weight excluding hydrogens is 921 g/mol. The van der Waals surface area contributed by atoms with Gasteiger partial charge in [-0.15, -0.1) is 11.3 Å². The van der Waals surface area contributed by atoms with Crippen molar-refractivity contribution in [3.05, 3.63) is 52.9 Å². The molecule has 21 nitrogen and oxygen atoms in total. The third-order valence-electron chi connectivity index (χ3n) is 11.3. The van der Waals surface area contributed by atoms with E-state index in [2.05, 4.69) is 53.4 Å². The summed E-state index contributed by atoms with van der Waals surface area (Å²) in [4.78, 5) is 68.9. The van der Waals surface area contributed by atoms with Gasteiger partial charge in [-0.2, -0.15) is 0 Å². The van der Waals surface area contributed by atoms with Crippen molar-refractivity contribution in [2.75, 3.05) is 51.7 Å². The molecule has 0 spiro atoms. The number of aromatic nitrogens is 6. The minimum Gasteiger partial charge on any atom is -0.490 e. The lowest BCUT2D eigenvalue weighted by Crippen LogP contribution is -2.58. The first-order valence-corrected chi connectivity index (χ1v) is 24.2. The van der Waals surface area contributed by atoms with Crippen molar-refractivity contribution in [2.24, 2.45) is 5.41 Å². The van der Waals surface area contributed by atoms with Crippen LogP contribution in [0.1, 0.15) is 84.2 Å². The van der Waals surface area contributed by atoms with E-state index in [1.165, 1.54) is 4.90 Å². The highest BCUT2D eigenvalue weighted by Crippen LogP contribution is 2.34. The molecule has 6 rings (SSSR count). The zero-order valence-corrected chi connectivity index (χ0v) is 41.6. The van der Waals surface area contributed by atoms with Gasteiger partial charge in [-0.1, -0.05) is 51.0 Å². The van der Waals surface area contributed by atoms with E-state index in [4.69, 9.17) is 24.8 Å². The van der Waals surface area contributed by atoms with Crippen LogP contribution in [-0.4, -0.2) is 138 Å². The van der Waals surface area contributed by atoms with E-state index in [-0.39, 0.29) is 63.1 Å². The molecule has 22 heteroatoms. The first kappa shape index (κ1) is 52.9. The summed E-state index contributed by atoms with van der Waals surface area (Å²) in [6.07, 6.45) is 2.28. The summed E-state index contributed by atoms with van der Waals surface area (Å²) in [5.41, 5.74) is 10.4. The largest absolute Gasteiger partial charge is 0.490 e. The number of carbonyl (C=O) groups excluding carboxylic acids is 4. The number of thiazole rings is 1. The van der Waals surface area contributed by atoms with E-state index in [1.807, 2.05) is 63.5 Å². The second-order valence-corrected chi connectivity index (χ2v) is 19.4. The standard InChI is InChI=1S/C48H64N12O9S/c1-8-59-40-35(25-52-33(16-17-48(6,7)66)38(40)56-44(59)39-43(49)58-69-57-39)68-21-10-19-50-18-9-11-36(62)51-20-22-67-27-37(63)55-42(47(3,4)5)46(65)60-26-32(61)23-34(60)45(64)53-24-30-12-14-31(15-13-30)41-29(2)54-28-70-41/h12-15,25,28,32,34,42,50,61,66H,8-11,18-24,26-27H2,1-7H3,(H2,49,58)(H,51,62)(H,53,64)(H,55,63). The number of imidazole rings is 1. The highest BCUT2D eigenvalue weighted by Gasteiger charge is 2.44. The second-order valence-electron chi connectivity index (χ2n) is 18.6. The van der Waals surface area contributed by atoms with Crippen LogP contribution in [0.5, 0.6) is 5.75 Å². The van der Waals surface area contributed by atoms with Gasteiger partial charge in [0, 0.05) is 39.0 Å². The van der Waals surface area contributed by atoms with Gasteiger partial charge in [0.2, 0.25) is 23.6 Å². The molecule has 4 aromatic heterocycles. The number of nitrogens with zero attached hydrogens (tertiary/aromatic N) is 7. The number of pyridine rings is 1. The quantitative estimate of drug-likeness (QED) is 0.0388. The van der Waals surface area contributed by atoms with Crippen molar-refractivity contribution in [3.63, 3.8) is 0 Å². The van der Waals surface area contributed by atoms with Gasteiger partial charge >= 0.3 is 0 Å². The van der Waals surface area contributed by atoms with Crippen LogP contribution in [0.4, 0.5) is 5.82 Å². The molecule has 0 saturated carbocycles. The number of fused-ring (bicyclic) bond motifs is 1. The van der Waals surface area contributed by atoms with Crippen molar-refractivity contribution in [2.45, 2.75) is 111 Å². The van der Waals surface area contributed by atoms with E-state index in [9.17, 15) is 29.4 Å². The Labute approximate surface area is 410 Å². The van der Waals surface area contributed by atoms with Gasteiger partial charge in [0.05, 0.1) is 41.6 Å². The summed E-state index contributed by atoms with van der Waals surface area (Å²) in [6, 6.07) is 5.90. The number of likely N-dealkylation sites (tertiary alicyclic amines) is 1. The van der Waals surface area contributed by atoms with Crippen LogP contribution in [0.15, 0.2) is 40.6 Å². The van der Waals surface area contributed by atoms with Crippen molar-refractivity contribution in [1.82, 2.24) is 56.0 Å². The highest BCUT2D eigenvalue weighted by molar-refractivity contribution is 7.13. The van der Waals surface area contributed by atoms with Crippen molar-refractivity contribution in [1.29, 1.82) is 0 Å². The van der Waals surface area contributed by atoms with E-state index >= 15 is 0 Å². The molecule has 5 aromatic rings. The van der Waals surface area contributed by atoms with Crippen LogP contribution < -0.4 is 31.7 Å². The minimum absolute atomic E-state index is 0.0410. The Kier molecular flexibility index (Phi) is 18.0. The van der Waals surface area contributed by atoms with Crippen molar-refractivity contribution in [3.8, 4) is 39.5 Å². The zero-order valence-electron chi connectivity index (χ0n) is 40.8. The van der Waals surface area contributed by atoms with Gasteiger partial charge in [-0.05, 0) is 86.4 Å². The summed E-state index contributed by atoms with van der Waals surface area (Å²) in [5.74, 6) is 5.12. The molecule has 1 saturated heterocycles. The number of nitrogens with one attached hydrogen (secondary N) is 4. The third-order valence-corrected chi connectivity index (χ3v) is 12.3. The van der Waals surface area contributed by atoms with Gasteiger partial charge in [0.1, 0.15) is 41.0 Å². The minimum atomic E-state index is -1.24. The van der Waals surface area contributed by atoms with Crippen molar-refractivity contribution < 1.29 is 43.5 Å².